The zero-order chi connectivity index (χ0) is 5.98. The first kappa shape index (κ1) is 5.01. The van der Waals surface area contributed by atoms with E-state index in [1.54, 1.807) is 0 Å². The van der Waals surface area contributed by atoms with Crippen LogP contribution >= 0.6 is 0 Å². The minimum atomic E-state index is 1.06. The minimum Gasteiger partial charge on any atom is -0.225 e. The van der Waals surface area contributed by atoms with E-state index >= 15 is 0 Å². The quantitative estimate of drug-likeness (QED) is 0.400. The van der Waals surface area contributed by atoms with Crippen LogP contribution in [0.3, 0.4) is 0 Å². The number of nitrogens with zero attached hydrogens (tertiary/aromatic N) is 4. The summed E-state index contributed by atoms with van der Waals surface area (Å²) in [5, 5.41) is 8.84. The molecule has 0 aromatic carbocycles. The topological polar surface area (TPSA) is 83.2 Å². The first-order valence-corrected chi connectivity index (χ1v) is 1.97. The van der Waals surface area contributed by atoms with E-state index in [1.165, 1.54) is 12.4 Å². The summed E-state index contributed by atoms with van der Waals surface area (Å²) in [6, 6.07) is 0. The van der Waals surface area contributed by atoms with Crippen molar-refractivity contribution in [2.24, 2.45) is 22.1 Å². The second-order valence-electron chi connectivity index (χ2n) is 1.24. The van der Waals surface area contributed by atoms with Crippen molar-refractivity contribution in [1.82, 2.24) is 10.2 Å². The van der Waals surface area contributed by atoms with E-state index in [1.807, 2.05) is 0 Å². The van der Waals surface area contributed by atoms with Crippen LogP contribution < -0.4 is 11.7 Å². The molecule has 0 unspecified atom stereocenters. The highest BCUT2D eigenvalue weighted by atomic mass is 15.8. The molecule has 1 rings (SSSR count). The molecule has 0 saturated heterocycles. The minimum absolute atomic E-state index is 1.06. The van der Waals surface area contributed by atoms with Gasteiger partial charge in [-0.15, -0.1) is 0 Å². The van der Waals surface area contributed by atoms with Crippen LogP contribution in [0.5, 0.6) is 0 Å². The molecular weight excluding hydrogens is 108 g/mol. The number of hydrazine groups is 2. The molecule has 0 aromatic rings. The molecule has 8 heavy (non-hydrogen) atoms. The Labute approximate surface area is 45.9 Å². The molecule has 0 spiro atoms. The fourth-order valence-electron chi connectivity index (χ4n) is 0.289. The van der Waals surface area contributed by atoms with Gasteiger partial charge in [0.2, 0.25) is 0 Å². The highest BCUT2D eigenvalue weighted by Gasteiger charge is 1.94. The second kappa shape index (κ2) is 1.76. The van der Waals surface area contributed by atoms with E-state index in [4.69, 9.17) is 11.7 Å². The van der Waals surface area contributed by atoms with Crippen molar-refractivity contribution in [1.29, 1.82) is 0 Å². The molecule has 6 nitrogen and oxygen atoms in total. The molecule has 6 heteroatoms. The van der Waals surface area contributed by atoms with Crippen LogP contribution in [-0.4, -0.2) is 10.2 Å². The molecule has 0 amide bonds. The van der Waals surface area contributed by atoms with E-state index in [-0.39, 0.29) is 0 Å². The van der Waals surface area contributed by atoms with Gasteiger partial charge in [-0.25, -0.2) is 11.7 Å². The predicted molar refractivity (Wildman–Crippen MR) is 26.0 cm³/mol. The van der Waals surface area contributed by atoms with E-state index in [9.17, 15) is 0 Å². The van der Waals surface area contributed by atoms with Gasteiger partial charge < -0.3 is 0 Å². The van der Waals surface area contributed by atoms with Crippen molar-refractivity contribution in [3.05, 3.63) is 12.4 Å². The molecule has 4 N–H and O–H groups in total. The summed E-state index contributed by atoms with van der Waals surface area (Å²) >= 11 is 0. The summed E-state index contributed by atoms with van der Waals surface area (Å²) in [6.07, 6.45) is 2.96. The maximum absolute atomic E-state index is 5.10. The summed E-state index contributed by atoms with van der Waals surface area (Å²) in [5.74, 6) is 10.2. The van der Waals surface area contributed by atoms with Crippen LogP contribution in [0.2, 0.25) is 0 Å². The molecule has 0 saturated carbocycles. The number of hydrogen-bond donors (Lipinski definition) is 2. The van der Waals surface area contributed by atoms with Gasteiger partial charge in [0.15, 0.2) is 0 Å². The fourth-order valence-corrected chi connectivity index (χ4v) is 0.289. The molecule has 0 aliphatic carbocycles. The van der Waals surface area contributed by atoms with Crippen LogP contribution in [0.15, 0.2) is 22.8 Å². The van der Waals surface area contributed by atoms with Crippen molar-refractivity contribution in [3.8, 4) is 0 Å². The molecule has 44 valence electrons. The molecule has 0 radical (unpaired) electrons. The van der Waals surface area contributed by atoms with Crippen LogP contribution in [-0.2, 0) is 0 Å². The SMILES string of the molecule is NN1C=CN(N)N=N1. The van der Waals surface area contributed by atoms with Crippen molar-refractivity contribution in [3.63, 3.8) is 0 Å². The summed E-state index contributed by atoms with van der Waals surface area (Å²) in [6.45, 7) is 0. The predicted octanol–water partition coefficient (Wildman–Crippen LogP) is -0.895. The zero-order valence-electron chi connectivity index (χ0n) is 4.10. The lowest BCUT2D eigenvalue weighted by molar-refractivity contribution is 0.262. The Morgan fingerprint density at radius 2 is 1.38 bits per heavy atom. The monoisotopic (exact) mass is 114 g/mol. The molecule has 1 aliphatic heterocycles. The standard InChI is InChI=1S/C2H6N6/c3-7-1-2-8(4)6-5-7/h1-2H,3-4H2. The second-order valence-corrected chi connectivity index (χ2v) is 1.24. The van der Waals surface area contributed by atoms with Crippen LogP contribution in [0.1, 0.15) is 0 Å². The normalized spacial score (nSPS) is 17.8. The third-order valence-electron chi connectivity index (χ3n) is 0.619. The van der Waals surface area contributed by atoms with E-state index in [2.05, 4.69) is 10.4 Å². The summed E-state index contributed by atoms with van der Waals surface area (Å²) < 4.78 is 0. The highest BCUT2D eigenvalue weighted by Crippen LogP contribution is 1.93. The van der Waals surface area contributed by atoms with Gasteiger partial charge in [0.25, 0.3) is 0 Å². The Balaban J connectivity index is 2.54. The summed E-state index contributed by atoms with van der Waals surface area (Å²) in [5.41, 5.74) is 0. The van der Waals surface area contributed by atoms with Gasteiger partial charge in [-0.05, 0) is 10.4 Å². The Kier molecular flexibility index (Phi) is 1.10. The van der Waals surface area contributed by atoms with Gasteiger partial charge in [0.1, 0.15) is 0 Å². The maximum atomic E-state index is 5.10. The Hall–Kier alpha value is -1.14. The van der Waals surface area contributed by atoms with Crippen molar-refractivity contribution < 1.29 is 0 Å². The first-order chi connectivity index (χ1) is 3.79. The third kappa shape index (κ3) is 0.922. The molecule has 1 heterocycles. The number of nitrogens with two attached hydrogens (primary N) is 2. The van der Waals surface area contributed by atoms with Crippen molar-refractivity contribution in [2.45, 2.75) is 0 Å². The van der Waals surface area contributed by atoms with Gasteiger partial charge in [-0.1, -0.05) is 0 Å². The Morgan fingerprint density at radius 3 is 1.62 bits per heavy atom. The smallest absolute Gasteiger partial charge is 0.0629 e. The van der Waals surface area contributed by atoms with Gasteiger partial charge in [0, 0.05) is 0 Å². The van der Waals surface area contributed by atoms with Gasteiger partial charge in [-0.2, -0.15) is 10.2 Å². The summed E-state index contributed by atoms with van der Waals surface area (Å²) in [4.78, 5) is 0. The fraction of sp³-hybridized carbons (Fsp3) is 0. The molecule has 0 aromatic heterocycles. The van der Waals surface area contributed by atoms with E-state index in [0.29, 0.717) is 0 Å². The molecular formula is C2H6N6. The largest absolute Gasteiger partial charge is 0.225 e. The average Bonchev–Trinajstić information content (AvgIpc) is 1.77. The zero-order valence-corrected chi connectivity index (χ0v) is 4.10. The van der Waals surface area contributed by atoms with E-state index in [0.717, 1.165) is 10.2 Å². The average molecular weight is 114 g/mol. The van der Waals surface area contributed by atoms with Crippen LogP contribution in [0, 0.1) is 0 Å². The van der Waals surface area contributed by atoms with Crippen LogP contribution in [0.25, 0.3) is 0 Å². The maximum Gasteiger partial charge on any atom is 0.0629 e. The highest BCUT2D eigenvalue weighted by molar-refractivity contribution is 4.75. The van der Waals surface area contributed by atoms with Gasteiger partial charge in [-0.3, -0.25) is 0 Å². The van der Waals surface area contributed by atoms with Gasteiger partial charge >= 0.3 is 0 Å². The summed E-state index contributed by atoms with van der Waals surface area (Å²) in [7, 11) is 0. The first-order valence-electron chi connectivity index (χ1n) is 1.97. The lowest BCUT2D eigenvalue weighted by Crippen LogP contribution is -2.27. The van der Waals surface area contributed by atoms with E-state index < -0.39 is 0 Å². The number of rotatable bonds is 0. The molecule has 0 fully saturated rings. The lowest BCUT2D eigenvalue weighted by Gasteiger charge is -2.12. The Bertz CT molecular complexity index is 98.5. The van der Waals surface area contributed by atoms with Crippen LogP contribution in [0.4, 0.5) is 0 Å². The molecule has 1 aliphatic rings. The Morgan fingerprint density at radius 1 is 1.00 bits per heavy atom. The lowest BCUT2D eigenvalue weighted by atomic mass is 10.9. The van der Waals surface area contributed by atoms with Crippen molar-refractivity contribution >= 4 is 0 Å². The number of hydrogen-bond acceptors (Lipinski definition) is 6. The van der Waals surface area contributed by atoms with Crippen molar-refractivity contribution in [2.75, 3.05) is 0 Å². The third-order valence-corrected chi connectivity index (χ3v) is 0.619. The molecule has 0 bridgehead atoms. The van der Waals surface area contributed by atoms with Gasteiger partial charge in [0.05, 0.1) is 12.4 Å². The molecule has 0 atom stereocenters.